The molecule has 5 rings (SSSR count). The van der Waals surface area contributed by atoms with Crippen molar-refractivity contribution in [2.24, 2.45) is 17.6 Å². The SMILES string of the molecule is CC(C)c1nn(C(C(N)=O)[C@@H]2CCCN(CC3CC3(F)F)C2)c(=O)c2cc3ccsc3n12. The maximum absolute atomic E-state index is 13.5. The largest absolute Gasteiger partial charge is 0.368 e. The number of nitrogens with two attached hydrogens (primary N) is 1. The van der Waals surface area contributed by atoms with Crippen LogP contribution in [0, 0.1) is 11.8 Å². The molecule has 0 radical (unpaired) electrons. The van der Waals surface area contributed by atoms with E-state index < -0.39 is 23.8 Å². The molecule has 1 amide bonds. The van der Waals surface area contributed by atoms with Crippen molar-refractivity contribution in [2.45, 2.75) is 51.0 Å². The lowest BCUT2D eigenvalue weighted by Crippen LogP contribution is -2.47. The second-order valence-corrected chi connectivity index (χ2v) is 10.4. The molecule has 10 heteroatoms. The van der Waals surface area contributed by atoms with Crippen LogP contribution in [0.5, 0.6) is 0 Å². The molecule has 32 heavy (non-hydrogen) atoms. The van der Waals surface area contributed by atoms with E-state index in [9.17, 15) is 18.4 Å². The van der Waals surface area contributed by atoms with Crippen molar-refractivity contribution >= 4 is 33.0 Å². The number of hydrogen-bond donors (Lipinski definition) is 1. The summed E-state index contributed by atoms with van der Waals surface area (Å²) in [5, 5.41) is 7.58. The van der Waals surface area contributed by atoms with Crippen LogP contribution in [0.4, 0.5) is 8.78 Å². The molecule has 0 aromatic carbocycles. The van der Waals surface area contributed by atoms with E-state index in [0.29, 0.717) is 37.4 Å². The average Bonchev–Trinajstić information content (AvgIpc) is 3.07. The fraction of sp³-hybridized carbons (Fsp3) is 0.591. The molecule has 172 valence electrons. The zero-order valence-corrected chi connectivity index (χ0v) is 18.9. The lowest BCUT2D eigenvalue weighted by molar-refractivity contribution is -0.124. The molecule has 1 aliphatic carbocycles. The first kappa shape index (κ1) is 21.5. The number of thiophene rings is 1. The number of halogens is 2. The summed E-state index contributed by atoms with van der Waals surface area (Å²) in [7, 11) is 0. The average molecular weight is 464 g/mol. The molecule has 2 N–H and O–H groups in total. The number of rotatable bonds is 6. The Hall–Kier alpha value is -2.33. The maximum atomic E-state index is 13.5. The molecule has 1 aliphatic heterocycles. The first-order chi connectivity index (χ1) is 15.2. The minimum atomic E-state index is -2.58. The van der Waals surface area contributed by atoms with E-state index in [1.165, 1.54) is 16.0 Å². The Bertz CT molecular complexity index is 1250. The van der Waals surface area contributed by atoms with Crippen LogP contribution in [-0.4, -0.2) is 50.5 Å². The second-order valence-electron chi connectivity index (χ2n) is 9.48. The Morgan fingerprint density at radius 3 is 2.81 bits per heavy atom. The zero-order valence-electron chi connectivity index (χ0n) is 18.1. The Balaban J connectivity index is 1.54. The van der Waals surface area contributed by atoms with Gasteiger partial charge in [0.1, 0.15) is 22.2 Å². The molecule has 3 aromatic rings. The van der Waals surface area contributed by atoms with Crippen molar-refractivity contribution < 1.29 is 13.6 Å². The van der Waals surface area contributed by atoms with Gasteiger partial charge in [-0.25, -0.2) is 13.5 Å². The van der Waals surface area contributed by atoms with Gasteiger partial charge in [-0.15, -0.1) is 11.3 Å². The number of aromatic nitrogens is 3. The Kier molecular flexibility index (Phi) is 5.12. The number of alkyl halides is 2. The van der Waals surface area contributed by atoms with Gasteiger partial charge in [-0.3, -0.25) is 14.0 Å². The summed E-state index contributed by atoms with van der Waals surface area (Å²) < 4.78 is 30.0. The van der Waals surface area contributed by atoms with Crippen LogP contribution in [-0.2, 0) is 4.79 Å². The number of nitrogens with zero attached hydrogens (tertiary/aromatic N) is 4. The predicted molar refractivity (Wildman–Crippen MR) is 119 cm³/mol. The van der Waals surface area contributed by atoms with Crippen LogP contribution >= 0.6 is 11.3 Å². The molecule has 2 aliphatic rings. The highest BCUT2D eigenvalue weighted by Gasteiger charge is 2.57. The number of fused-ring (bicyclic) bond motifs is 3. The smallest absolute Gasteiger partial charge is 0.291 e. The molecule has 2 fully saturated rings. The Labute approximate surface area is 187 Å². The monoisotopic (exact) mass is 463 g/mol. The van der Waals surface area contributed by atoms with Crippen molar-refractivity contribution in [1.82, 2.24) is 19.1 Å². The highest BCUT2D eigenvalue weighted by atomic mass is 32.1. The van der Waals surface area contributed by atoms with Gasteiger partial charge < -0.3 is 10.6 Å². The third kappa shape index (κ3) is 3.53. The highest BCUT2D eigenvalue weighted by molar-refractivity contribution is 7.16. The minimum Gasteiger partial charge on any atom is -0.368 e. The van der Waals surface area contributed by atoms with E-state index in [-0.39, 0.29) is 23.8 Å². The van der Waals surface area contributed by atoms with Crippen molar-refractivity contribution in [2.75, 3.05) is 19.6 Å². The molecule has 1 saturated heterocycles. The van der Waals surface area contributed by atoms with Crippen molar-refractivity contribution in [3.8, 4) is 0 Å². The van der Waals surface area contributed by atoms with Gasteiger partial charge in [0.05, 0.1) is 0 Å². The summed E-state index contributed by atoms with van der Waals surface area (Å²) in [6.45, 7) is 5.46. The number of carbonyl (C=O) groups is 1. The van der Waals surface area contributed by atoms with Gasteiger partial charge in [0, 0.05) is 42.7 Å². The molecule has 1 saturated carbocycles. The van der Waals surface area contributed by atoms with E-state index in [4.69, 9.17) is 5.73 Å². The molecule has 7 nitrogen and oxygen atoms in total. The lowest BCUT2D eigenvalue weighted by atomic mass is 9.90. The first-order valence-electron chi connectivity index (χ1n) is 11.1. The summed E-state index contributed by atoms with van der Waals surface area (Å²) in [6.07, 6.45) is 1.38. The van der Waals surface area contributed by atoms with Gasteiger partial charge in [0.2, 0.25) is 5.91 Å². The van der Waals surface area contributed by atoms with Crippen LogP contribution in [0.2, 0.25) is 0 Å². The number of likely N-dealkylation sites (tertiary alicyclic amines) is 1. The van der Waals surface area contributed by atoms with Crippen molar-refractivity contribution in [1.29, 1.82) is 0 Å². The van der Waals surface area contributed by atoms with E-state index in [2.05, 4.69) is 5.10 Å². The number of piperidine rings is 1. The third-order valence-corrected chi connectivity index (χ3v) is 7.68. The van der Waals surface area contributed by atoms with Gasteiger partial charge in [0.15, 0.2) is 0 Å². The highest BCUT2D eigenvalue weighted by Crippen LogP contribution is 2.49. The van der Waals surface area contributed by atoms with Gasteiger partial charge >= 0.3 is 0 Å². The van der Waals surface area contributed by atoms with Gasteiger partial charge in [-0.1, -0.05) is 13.8 Å². The van der Waals surface area contributed by atoms with Gasteiger partial charge in [-0.05, 0) is 36.9 Å². The predicted octanol–water partition coefficient (Wildman–Crippen LogP) is 3.23. The molecular formula is C22H27F2N5O2S. The molecule has 2 unspecified atom stereocenters. The van der Waals surface area contributed by atoms with Crippen LogP contribution in [0.25, 0.3) is 15.7 Å². The van der Waals surface area contributed by atoms with Crippen molar-refractivity contribution in [3.05, 3.63) is 33.7 Å². The molecule has 0 spiro atoms. The van der Waals surface area contributed by atoms with Crippen LogP contribution < -0.4 is 11.3 Å². The maximum Gasteiger partial charge on any atom is 0.291 e. The number of hydrogen-bond acceptors (Lipinski definition) is 5. The molecular weight excluding hydrogens is 436 g/mol. The summed E-state index contributed by atoms with van der Waals surface area (Å²) >= 11 is 1.54. The summed E-state index contributed by atoms with van der Waals surface area (Å²) in [5.41, 5.74) is 5.93. The van der Waals surface area contributed by atoms with E-state index >= 15 is 0 Å². The van der Waals surface area contributed by atoms with Crippen LogP contribution in [0.3, 0.4) is 0 Å². The van der Waals surface area contributed by atoms with Gasteiger partial charge in [-0.2, -0.15) is 5.10 Å². The van der Waals surface area contributed by atoms with E-state index in [0.717, 1.165) is 16.6 Å². The Morgan fingerprint density at radius 1 is 1.41 bits per heavy atom. The molecule has 3 atom stereocenters. The lowest BCUT2D eigenvalue weighted by Gasteiger charge is -2.36. The fourth-order valence-corrected chi connectivity index (χ4v) is 5.94. The normalized spacial score (nSPS) is 24.4. The standard InChI is InChI=1S/C22H27F2N5O2S/c1-12(2)19-26-29(20(31)16-8-13-5-7-32-21(13)28(16)19)17(18(25)30)14-4-3-6-27(10-14)11-15-9-22(15,23)24/h5,7-8,12,14-15,17H,3-4,6,9-11H2,1-2H3,(H2,25,30)/t14-,15?,17?/m1/s1. The summed E-state index contributed by atoms with van der Waals surface area (Å²) in [4.78, 5) is 29.0. The summed E-state index contributed by atoms with van der Waals surface area (Å²) in [5.74, 6) is -3.36. The molecule has 3 aromatic heterocycles. The fourth-order valence-electron chi connectivity index (χ4n) is 5.04. The van der Waals surface area contributed by atoms with E-state index in [1.54, 1.807) is 0 Å². The molecule has 4 heterocycles. The number of primary amides is 1. The summed E-state index contributed by atoms with van der Waals surface area (Å²) in [6, 6.07) is 2.87. The zero-order chi connectivity index (χ0) is 22.8. The first-order valence-corrected chi connectivity index (χ1v) is 12.0. The third-order valence-electron chi connectivity index (χ3n) is 6.77. The Morgan fingerprint density at radius 2 is 2.16 bits per heavy atom. The number of carbonyl (C=O) groups excluding carboxylic acids is 1. The van der Waals surface area contributed by atoms with E-state index in [1.807, 2.05) is 40.7 Å². The second kappa shape index (κ2) is 7.62. The minimum absolute atomic E-state index is 0.00975. The van der Waals surface area contributed by atoms with Crippen molar-refractivity contribution in [3.63, 3.8) is 0 Å². The topological polar surface area (TPSA) is 85.6 Å². The quantitative estimate of drug-likeness (QED) is 0.608. The number of amides is 1. The van der Waals surface area contributed by atoms with Crippen LogP contribution in [0.1, 0.15) is 50.9 Å². The molecule has 0 bridgehead atoms. The van der Waals surface area contributed by atoms with Gasteiger partial charge in [0.25, 0.3) is 11.5 Å². The van der Waals surface area contributed by atoms with Crippen LogP contribution in [0.15, 0.2) is 22.3 Å².